The van der Waals surface area contributed by atoms with Crippen LogP contribution in [-0.4, -0.2) is 81.5 Å². The monoisotopic (exact) mass is 616 g/mol. The number of methoxy groups -OCH3 is 2. The molecule has 10 nitrogen and oxygen atoms in total. The minimum Gasteiger partial charge on any atom is -0.384 e. The normalized spacial score (nSPS) is 14.4. The van der Waals surface area contributed by atoms with Crippen molar-refractivity contribution < 1.29 is 9.47 Å². The Balaban J connectivity index is 0.000000178. The molecule has 6 rings (SSSR count). The quantitative estimate of drug-likeness (QED) is 0.317. The van der Waals surface area contributed by atoms with Gasteiger partial charge in [0, 0.05) is 69.3 Å². The van der Waals surface area contributed by atoms with Crippen LogP contribution < -0.4 is 21.3 Å². The SMILES string of the molecule is COCn1c(=O)c2c(c3ccc(CN(C)C)cc31)N(C)CCC2.COCn1c(=O)c2c(c3ccc(CN(C)C)cc31)NCCC2. The molecular formula is C35H48N6O4. The summed E-state index contributed by atoms with van der Waals surface area (Å²) in [6.07, 6.45) is 3.70. The topological polar surface area (TPSA) is 84.2 Å². The summed E-state index contributed by atoms with van der Waals surface area (Å²) in [6.45, 7) is 4.20. The lowest BCUT2D eigenvalue weighted by Crippen LogP contribution is -2.34. The van der Waals surface area contributed by atoms with E-state index in [1.807, 2.05) is 28.2 Å². The van der Waals surface area contributed by atoms with Crippen LogP contribution in [0.25, 0.3) is 21.8 Å². The van der Waals surface area contributed by atoms with E-state index >= 15 is 0 Å². The third-order valence-corrected chi connectivity index (χ3v) is 8.55. The molecule has 242 valence electrons. The first-order valence-corrected chi connectivity index (χ1v) is 15.7. The van der Waals surface area contributed by atoms with E-state index in [-0.39, 0.29) is 24.6 Å². The van der Waals surface area contributed by atoms with E-state index in [0.29, 0.717) is 0 Å². The van der Waals surface area contributed by atoms with E-state index in [2.05, 4.69) is 63.5 Å². The van der Waals surface area contributed by atoms with E-state index in [4.69, 9.17) is 9.47 Å². The molecule has 4 heterocycles. The lowest BCUT2D eigenvalue weighted by molar-refractivity contribution is 0.131. The zero-order valence-corrected chi connectivity index (χ0v) is 27.9. The van der Waals surface area contributed by atoms with Crippen LogP contribution in [0.1, 0.15) is 35.1 Å². The molecule has 0 fully saturated rings. The summed E-state index contributed by atoms with van der Waals surface area (Å²) in [4.78, 5) is 32.2. The van der Waals surface area contributed by atoms with Gasteiger partial charge < -0.3 is 29.5 Å². The van der Waals surface area contributed by atoms with Crippen LogP contribution in [0.15, 0.2) is 46.0 Å². The molecule has 10 heteroatoms. The molecule has 0 saturated carbocycles. The lowest BCUT2D eigenvalue weighted by Gasteiger charge is -2.30. The number of rotatable bonds is 8. The number of anilines is 2. The largest absolute Gasteiger partial charge is 0.384 e. The summed E-state index contributed by atoms with van der Waals surface area (Å²) < 4.78 is 14.1. The van der Waals surface area contributed by atoms with Crippen molar-refractivity contribution in [3.8, 4) is 0 Å². The molecule has 0 amide bonds. The Kier molecular flexibility index (Phi) is 10.3. The Bertz CT molecular complexity index is 1790. The van der Waals surface area contributed by atoms with Crippen molar-refractivity contribution in [3.05, 3.63) is 79.4 Å². The van der Waals surface area contributed by atoms with Crippen molar-refractivity contribution in [2.75, 3.05) is 72.8 Å². The number of hydrogen-bond acceptors (Lipinski definition) is 8. The highest BCUT2D eigenvalue weighted by Gasteiger charge is 2.23. The van der Waals surface area contributed by atoms with E-state index in [9.17, 15) is 9.59 Å². The van der Waals surface area contributed by atoms with Crippen molar-refractivity contribution in [3.63, 3.8) is 0 Å². The van der Waals surface area contributed by atoms with Gasteiger partial charge in [-0.25, -0.2) is 0 Å². The predicted octanol–water partition coefficient (Wildman–Crippen LogP) is 4.07. The molecule has 0 saturated heterocycles. The number of hydrogen-bond donors (Lipinski definition) is 1. The fraction of sp³-hybridized carbons (Fsp3) is 0.486. The zero-order chi connectivity index (χ0) is 32.2. The Morgan fingerprint density at radius 3 is 1.87 bits per heavy atom. The van der Waals surface area contributed by atoms with Gasteiger partial charge in [0.25, 0.3) is 11.1 Å². The van der Waals surface area contributed by atoms with Crippen LogP contribution in [0, 0.1) is 0 Å². The molecule has 2 aromatic heterocycles. The first-order chi connectivity index (χ1) is 21.6. The van der Waals surface area contributed by atoms with Crippen LogP contribution in [0.2, 0.25) is 0 Å². The molecule has 0 bridgehead atoms. The van der Waals surface area contributed by atoms with Crippen molar-refractivity contribution in [1.29, 1.82) is 0 Å². The molecule has 45 heavy (non-hydrogen) atoms. The third-order valence-electron chi connectivity index (χ3n) is 8.55. The van der Waals surface area contributed by atoms with E-state index < -0.39 is 0 Å². The molecule has 2 aromatic carbocycles. The zero-order valence-electron chi connectivity index (χ0n) is 27.9. The standard InChI is InChI=1S/C18H25N3O2.C17H23N3O2/c1-19(2)11-13-7-8-14-16(10-13)21(12-23-4)18(22)15-6-5-9-20(3)17(14)15;1-19(2)10-12-6-7-13-15(9-12)20(11-22-3)17(21)14-5-4-8-18-16(13)14/h7-8,10H,5-6,9,11-12H2,1-4H3;6-7,9,18H,4-5,8,10-11H2,1-3H3. The van der Waals surface area contributed by atoms with Gasteiger partial charge in [0.2, 0.25) is 0 Å². The molecule has 2 aliphatic heterocycles. The second kappa shape index (κ2) is 14.2. The minimum absolute atomic E-state index is 0.0681. The number of pyridine rings is 2. The Morgan fingerprint density at radius 1 is 0.756 bits per heavy atom. The van der Waals surface area contributed by atoms with Gasteiger partial charge in [-0.3, -0.25) is 18.7 Å². The first-order valence-electron chi connectivity index (χ1n) is 15.7. The molecule has 0 unspecified atom stereocenters. The van der Waals surface area contributed by atoms with Crippen molar-refractivity contribution >= 4 is 33.2 Å². The van der Waals surface area contributed by atoms with Gasteiger partial charge >= 0.3 is 0 Å². The molecule has 4 aromatic rings. The van der Waals surface area contributed by atoms with Crippen molar-refractivity contribution in [2.24, 2.45) is 0 Å². The van der Waals surface area contributed by atoms with Gasteiger partial charge in [-0.15, -0.1) is 0 Å². The maximum atomic E-state index is 12.9. The van der Waals surface area contributed by atoms with Gasteiger partial charge in [0.1, 0.15) is 13.5 Å². The average molecular weight is 617 g/mol. The Labute approximate surface area is 265 Å². The number of benzene rings is 2. The summed E-state index contributed by atoms with van der Waals surface area (Å²) in [5, 5.41) is 5.66. The Hall–Kier alpha value is -3.70. The van der Waals surface area contributed by atoms with Crippen molar-refractivity contribution in [1.82, 2.24) is 18.9 Å². The highest BCUT2D eigenvalue weighted by Crippen LogP contribution is 2.33. The summed E-state index contributed by atoms with van der Waals surface area (Å²) in [7, 11) is 13.5. The highest BCUT2D eigenvalue weighted by atomic mass is 16.5. The van der Waals surface area contributed by atoms with Crippen LogP contribution in [0.3, 0.4) is 0 Å². The Morgan fingerprint density at radius 2 is 1.29 bits per heavy atom. The maximum Gasteiger partial charge on any atom is 0.258 e. The molecule has 0 atom stereocenters. The molecule has 2 aliphatic rings. The summed E-state index contributed by atoms with van der Waals surface area (Å²) in [6, 6.07) is 12.8. The van der Waals surface area contributed by atoms with E-state index in [1.165, 1.54) is 11.1 Å². The second-order valence-corrected chi connectivity index (χ2v) is 12.7. The van der Waals surface area contributed by atoms with Crippen LogP contribution in [0.4, 0.5) is 11.4 Å². The number of ether oxygens (including phenoxy) is 2. The number of nitrogens with zero attached hydrogens (tertiary/aromatic N) is 5. The molecule has 0 radical (unpaired) electrons. The molecular weight excluding hydrogens is 568 g/mol. The molecule has 0 spiro atoms. The van der Waals surface area contributed by atoms with Crippen LogP contribution >= 0.6 is 0 Å². The van der Waals surface area contributed by atoms with Gasteiger partial charge in [0.15, 0.2) is 0 Å². The fourth-order valence-electron chi connectivity index (χ4n) is 6.71. The van der Waals surface area contributed by atoms with Gasteiger partial charge in [0.05, 0.1) is 22.4 Å². The van der Waals surface area contributed by atoms with Gasteiger partial charge in [-0.1, -0.05) is 24.3 Å². The lowest BCUT2D eigenvalue weighted by atomic mass is 9.99. The molecule has 0 aliphatic carbocycles. The predicted molar refractivity (Wildman–Crippen MR) is 184 cm³/mol. The molecule has 1 N–H and O–H groups in total. The van der Waals surface area contributed by atoms with Gasteiger partial charge in [-0.2, -0.15) is 0 Å². The van der Waals surface area contributed by atoms with Crippen molar-refractivity contribution in [2.45, 2.75) is 52.2 Å². The van der Waals surface area contributed by atoms with Gasteiger partial charge in [-0.05, 0) is 77.1 Å². The summed E-state index contributed by atoms with van der Waals surface area (Å²) >= 11 is 0. The number of aromatic nitrogens is 2. The van der Waals surface area contributed by atoms with E-state index in [1.54, 1.807) is 23.4 Å². The first kappa shape index (κ1) is 32.7. The highest BCUT2D eigenvalue weighted by molar-refractivity contribution is 5.95. The second-order valence-electron chi connectivity index (χ2n) is 12.7. The van der Waals surface area contributed by atoms with E-state index in [0.717, 1.165) is 96.2 Å². The number of fused-ring (bicyclic) bond motifs is 6. The van der Waals surface area contributed by atoms with Crippen LogP contribution in [-0.2, 0) is 48.9 Å². The maximum absolute atomic E-state index is 12.9. The van der Waals surface area contributed by atoms with Crippen LogP contribution in [0.5, 0.6) is 0 Å². The summed E-state index contributed by atoms with van der Waals surface area (Å²) in [5.74, 6) is 0. The third kappa shape index (κ3) is 6.79. The fourth-order valence-corrected chi connectivity index (χ4v) is 6.71. The summed E-state index contributed by atoms with van der Waals surface area (Å²) in [5.41, 5.74) is 8.36. The minimum atomic E-state index is 0.0681. The smallest absolute Gasteiger partial charge is 0.258 e. The average Bonchev–Trinajstić information content (AvgIpc) is 3.01. The number of nitrogens with one attached hydrogen (secondary N) is 1.